The molecule has 0 radical (unpaired) electrons. The summed E-state index contributed by atoms with van der Waals surface area (Å²) in [5.41, 5.74) is 10.8. The van der Waals surface area contributed by atoms with E-state index in [-0.39, 0.29) is 23.6 Å². The van der Waals surface area contributed by atoms with Gasteiger partial charge in [-0.15, -0.1) is 0 Å². The van der Waals surface area contributed by atoms with Crippen molar-refractivity contribution in [3.63, 3.8) is 0 Å². The van der Waals surface area contributed by atoms with Crippen LogP contribution in [0.2, 0.25) is 0 Å². The molecule has 0 aliphatic heterocycles. The normalized spacial score (nSPS) is 10.7. The second kappa shape index (κ2) is 12.4. The third kappa shape index (κ3) is 5.68. The zero-order valence-corrected chi connectivity index (χ0v) is 23.9. The average molecular weight is 575 g/mol. The summed E-state index contributed by atoms with van der Waals surface area (Å²) >= 11 is 0. The SMILES string of the molecule is CC=O.CNc1nc2cc(C(=N)c3c(N)ncnc3NCc3cc4cccc(C)c4c(=O)n3-c3ccccc3)ccc2o1. The number of hydrogen-bond acceptors (Lipinski definition) is 10. The van der Waals surface area contributed by atoms with Crippen LogP contribution in [0.1, 0.15) is 29.3 Å². The lowest BCUT2D eigenvalue weighted by Gasteiger charge is -2.18. The van der Waals surface area contributed by atoms with Crippen molar-refractivity contribution < 1.29 is 9.21 Å². The number of nitrogens with one attached hydrogen (secondary N) is 3. The molecule has 0 aliphatic carbocycles. The van der Waals surface area contributed by atoms with Crippen LogP contribution in [0.3, 0.4) is 0 Å². The van der Waals surface area contributed by atoms with Gasteiger partial charge in [-0.05, 0) is 61.2 Å². The molecule has 3 aromatic heterocycles. The number of nitrogens with two attached hydrogens (primary N) is 1. The summed E-state index contributed by atoms with van der Waals surface area (Å²) < 4.78 is 7.31. The van der Waals surface area contributed by atoms with Gasteiger partial charge in [-0.3, -0.25) is 14.8 Å². The van der Waals surface area contributed by atoms with Crippen LogP contribution in [0.4, 0.5) is 17.7 Å². The maximum absolute atomic E-state index is 13.8. The van der Waals surface area contributed by atoms with E-state index in [0.29, 0.717) is 39.4 Å². The van der Waals surface area contributed by atoms with Crippen molar-refractivity contribution in [2.45, 2.75) is 20.4 Å². The van der Waals surface area contributed by atoms with E-state index in [2.05, 4.69) is 25.6 Å². The number of carbonyl (C=O) groups excluding carboxylic acids is 1. The first kappa shape index (κ1) is 28.7. The maximum Gasteiger partial charge on any atom is 0.295 e. The average Bonchev–Trinajstić information content (AvgIpc) is 3.43. The molecule has 5 N–H and O–H groups in total. The highest BCUT2D eigenvalue weighted by atomic mass is 16.4. The molecular weight excluding hydrogens is 544 g/mol. The van der Waals surface area contributed by atoms with E-state index >= 15 is 0 Å². The molecule has 3 aromatic carbocycles. The van der Waals surface area contributed by atoms with E-state index in [0.717, 1.165) is 28.6 Å². The van der Waals surface area contributed by atoms with Crippen LogP contribution < -0.4 is 21.9 Å². The number of hydrogen-bond donors (Lipinski definition) is 4. The van der Waals surface area contributed by atoms with Crippen LogP contribution >= 0.6 is 0 Å². The van der Waals surface area contributed by atoms with Gasteiger partial charge < -0.3 is 25.6 Å². The summed E-state index contributed by atoms with van der Waals surface area (Å²) in [4.78, 5) is 35.5. The van der Waals surface area contributed by atoms with E-state index < -0.39 is 0 Å². The highest BCUT2D eigenvalue weighted by molar-refractivity contribution is 6.17. The van der Waals surface area contributed by atoms with Crippen molar-refractivity contribution in [1.29, 1.82) is 5.41 Å². The molecule has 11 nitrogen and oxygen atoms in total. The van der Waals surface area contributed by atoms with Gasteiger partial charge in [0.05, 0.1) is 23.2 Å². The Kier molecular flexibility index (Phi) is 8.24. The van der Waals surface area contributed by atoms with Crippen LogP contribution in [-0.4, -0.2) is 38.6 Å². The number of anilines is 3. The highest BCUT2D eigenvalue weighted by Crippen LogP contribution is 2.26. The second-order valence-corrected chi connectivity index (χ2v) is 9.55. The van der Waals surface area contributed by atoms with Gasteiger partial charge in [0, 0.05) is 24.0 Å². The fourth-order valence-electron chi connectivity index (χ4n) is 4.87. The Labute approximate surface area is 246 Å². The molecule has 0 unspecified atom stereocenters. The summed E-state index contributed by atoms with van der Waals surface area (Å²) in [6.07, 6.45) is 2.10. The summed E-state index contributed by atoms with van der Waals surface area (Å²) in [6, 6.07) is 23.0. The molecule has 0 fully saturated rings. The largest absolute Gasteiger partial charge is 0.424 e. The summed E-state index contributed by atoms with van der Waals surface area (Å²) in [6.45, 7) is 3.63. The Morgan fingerprint density at radius 1 is 1.07 bits per heavy atom. The van der Waals surface area contributed by atoms with Crippen LogP contribution in [-0.2, 0) is 11.3 Å². The number of aldehydes is 1. The number of nitrogens with zero attached hydrogens (tertiary/aromatic N) is 4. The van der Waals surface area contributed by atoms with Crippen LogP contribution in [0, 0.1) is 12.3 Å². The highest BCUT2D eigenvalue weighted by Gasteiger charge is 2.19. The number of benzene rings is 3. The monoisotopic (exact) mass is 574 g/mol. The summed E-state index contributed by atoms with van der Waals surface area (Å²) in [7, 11) is 1.72. The molecule has 6 aromatic rings. The number of fused-ring (bicyclic) bond motifs is 2. The Balaban J connectivity index is 0.00000118. The first-order chi connectivity index (χ1) is 20.9. The predicted octanol–water partition coefficient (Wildman–Crippen LogP) is 5.09. The molecule has 0 saturated heterocycles. The molecular formula is C32H30N8O3. The number of aryl methyl sites for hydroxylation is 1. The van der Waals surface area contributed by atoms with Crippen molar-refractivity contribution in [3.05, 3.63) is 112 Å². The van der Waals surface area contributed by atoms with Gasteiger partial charge >= 0.3 is 0 Å². The minimum absolute atomic E-state index is 0.101. The van der Waals surface area contributed by atoms with Crippen molar-refractivity contribution in [1.82, 2.24) is 19.5 Å². The molecule has 0 bridgehead atoms. The lowest BCUT2D eigenvalue weighted by Crippen LogP contribution is -2.24. The van der Waals surface area contributed by atoms with Gasteiger partial charge in [0.2, 0.25) is 0 Å². The molecule has 216 valence electrons. The van der Waals surface area contributed by atoms with E-state index in [1.54, 1.807) is 29.8 Å². The molecule has 0 spiro atoms. The zero-order valence-electron chi connectivity index (χ0n) is 23.9. The van der Waals surface area contributed by atoms with Gasteiger partial charge in [0.1, 0.15) is 29.8 Å². The number of aromatic nitrogens is 4. The lowest BCUT2D eigenvalue weighted by atomic mass is 10.0. The van der Waals surface area contributed by atoms with Crippen molar-refractivity contribution in [3.8, 4) is 5.69 Å². The second-order valence-electron chi connectivity index (χ2n) is 9.55. The Bertz CT molecular complexity index is 2020. The van der Waals surface area contributed by atoms with Crippen LogP contribution in [0.5, 0.6) is 0 Å². The minimum atomic E-state index is -0.101. The predicted molar refractivity (Wildman–Crippen MR) is 169 cm³/mol. The molecule has 43 heavy (non-hydrogen) atoms. The summed E-state index contributed by atoms with van der Waals surface area (Å²) in [5, 5.41) is 16.7. The number of nitrogen functional groups attached to an aromatic ring is 1. The smallest absolute Gasteiger partial charge is 0.295 e. The van der Waals surface area contributed by atoms with Gasteiger partial charge in [-0.1, -0.05) is 36.4 Å². The Hall–Kier alpha value is -5.84. The van der Waals surface area contributed by atoms with Crippen LogP contribution in [0.15, 0.2) is 88.3 Å². The van der Waals surface area contributed by atoms with E-state index in [1.807, 2.05) is 61.5 Å². The van der Waals surface area contributed by atoms with Crippen LogP contribution in [0.25, 0.3) is 27.6 Å². The van der Waals surface area contributed by atoms with Gasteiger partial charge in [0.25, 0.3) is 11.6 Å². The zero-order chi connectivity index (χ0) is 30.5. The van der Waals surface area contributed by atoms with E-state index in [4.69, 9.17) is 20.4 Å². The third-order valence-corrected chi connectivity index (χ3v) is 6.80. The van der Waals surface area contributed by atoms with Crippen molar-refractivity contribution >= 4 is 51.5 Å². The molecule has 0 aliphatic rings. The molecule has 0 atom stereocenters. The Morgan fingerprint density at radius 3 is 2.58 bits per heavy atom. The first-order valence-corrected chi connectivity index (χ1v) is 13.5. The van der Waals surface area contributed by atoms with Gasteiger partial charge in [-0.2, -0.15) is 4.98 Å². The molecule has 11 heteroatoms. The van der Waals surface area contributed by atoms with Crippen molar-refractivity contribution in [2.24, 2.45) is 0 Å². The fraction of sp³-hybridized carbons (Fsp3) is 0.125. The lowest BCUT2D eigenvalue weighted by molar-refractivity contribution is -0.106. The fourth-order valence-corrected chi connectivity index (χ4v) is 4.87. The number of carbonyl (C=O) groups is 1. The number of pyridine rings is 1. The molecule has 6 rings (SSSR count). The number of oxazole rings is 1. The molecule has 3 heterocycles. The Morgan fingerprint density at radius 2 is 1.84 bits per heavy atom. The quantitative estimate of drug-likeness (QED) is 0.150. The standard InChI is InChI=1S/C30H26N8O2.C2H4O/c1-17-7-6-8-18-13-21(38(29(39)24(17)18)20-9-4-3-5-10-20)15-34-28-25(27(32)35-16-36-28)26(31)19-11-12-23-22(14-19)37-30(33-2)40-23;1-2-3/h3-14,16,31H,15H2,1-2H3,(H,33,37)(H3,32,34,35,36);2H,1H3. The summed E-state index contributed by atoms with van der Waals surface area (Å²) in [5.74, 6) is 0.540. The maximum atomic E-state index is 13.8. The van der Waals surface area contributed by atoms with Crippen molar-refractivity contribution in [2.75, 3.05) is 23.4 Å². The topological polar surface area (TPSA) is 165 Å². The minimum Gasteiger partial charge on any atom is -0.424 e. The number of para-hydroxylation sites is 1. The number of rotatable bonds is 7. The molecule has 0 saturated carbocycles. The first-order valence-electron chi connectivity index (χ1n) is 13.5. The van der Waals surface area contributed by atoms with Gasteiger partial charge in [0.15, 0.2) is 5.58 Å². The van der Waals surface area contributed by atoms with Gasteiger partial charge in [-0.25, -0.2) is 9.97 Å². The molecule has 0 amide bonds. The third-order valence-electron chi connectivity index (χ3n) is 6.80. The van der Waals surface area contributed by atoms with E-state index in [1.165, 1.54) is 13.3 Å². The van der Waals surface area contributed by atoms with E-state index in [9.17, 15) is 4.79 Å².